The predicted octanol–water partition coefficient (Wildman–Crippen LogP) is 5.45. The Morgan fingerprint density at radius 3 is 2.95 bits per heavy atom. The summed E-state index contributed by atoms with van der Waals surface area (Å²) in [4.78, 5) is 19.1. The molecule has 4 heterocycles. The van der Waals surface area contributed by atoms with Gasteiger partial charge in [-0.2, -0.15) is 0 Å². The number of fused-ring (bicyclic) bond motifs is 1. The molecule has 1 unspecified atom stereocenters. The van der Waals surface area contributed by atoms with Crippen LogP contribution in [0, 0.1) is 5.82 Å². The lowest BCUT2D eigenvalue weighted by molar-refractivity contribution is -0.143. The number of aryl methyl sites for hydroxylation is 2. The number of rotatable bonds is 11. The molecule has 3 aliphatic rings. The average Bonchev–Trinajstić information content (AvgIpc) is 3.39. The fraction of sp³-hybridized carbons (Fsp3) is 0.600. The van der Waals surface area contributed by atoms with Gasteiger partial charge >= 0.3 is 5.97 Å². The van der Waals surface area contributed by atoms with Crippen molar-refractivity contribution >= 4 is 11.8 Å². The second-order valence-corrected chi connectivity index (χ2v) is 10.8. The molecule has 0 spiro atoms. The molecule has 3 atom stereocenters. The van der Waals surface area contributed by atoms with Gasteiger partial charge in [0.1, 0.15) is 17.7 Å². The quantitative estimate of drug-likeness (QED) is 0.378. The van der Waals surface area contributed by atoms with Crippen molar-refractivity contribution in [1.29, 1.82) is 0 Å². The Bertz CT molecular complexity index is 1090. The Labute approximate surface area is 224 Å². The standard InChI is InChI=1S/C30H40FN3O4/c31-22-11-13-25(27-9-3-5-18-38-27)26(19-22)28(30(35)36)34-16-14-24(20-34)37-17-4-1-2-8-23-12-10-21-7-6-15-32-29(21)33-23/h10-13,19,24,27-28H,1-9,14-18,20H2,(H,32,33)(H,35,36)/t24-,27?,28-/m1/s1. The molecule has 1 aromatic heterocycles. The first-order valence-corrected chi connectivity index (χ1v) is 14.3. The number of hydrogen-bond donors (Lipinski definition) is 2. The third-order valence-corrected chi connectivity index (χ3v) is 8.03. The van der Waals surface area contributed by atoms with E-state index in [0.29, 0.717) is 31.9 Å². The second kappa shape index (κ2) is 13.0. The Balaban J connectivity index is 1.09. The topological polar surface area (TPSA) is 83.9 Å². The van der Waals surface area contributed by atoms with Crippen molar-refractivity contribution in [3.8, 4) is 0 Å². The second-order valence-electron chi connectivity index (χ2n) is 10.8. The minimum absolute atomic E-state index is 0.00632. The summed E-state index contributed by atoms with van der Waals surface area (Å²) in [6.07, 6.45) is 9.80. The highest BCUT2D eigenvalue weighted by Gasteiger charge is 2.36. The molecule has 5 rings (SSSR count). The van der Waals surface area contributed by atoms with Crippen LogP contribution >= 0.6 is 0 Å². The van der Waals surface area contributed by atoms with E-state index >= 15 is 0 Å². The number of anilines is 1. The number of likely N-dealkylation sites (tertiary alicyclic amines) is 1. The summed E-state index contributed by atoms with van der Waals surface area (Å²) in [5.74, 6) is -0.321. The molecule has 2 fully saturated rings. The van der Waals surface area contributed by atoms with E-state index in [4.69, 9.17) is 14.5 Å². The van der Waals surface area contributed by atoms with Crippen LogP contribution in [0.2, 0.25) is 0 Å². The number of pyridine rings is 1. The number of carbonyl (C=O) groups is 1. The number of aromatic nitrogens is 1. The zero-order valence-electron chi connectivity index (χ0n) is 22.2. The van der Waals surface area contributed by atoms with E-state index in [1.807, 2.05) is 4.90 Å². The van der Waals surface area contributed by atoms with E-state index < -0.39 is 17.8 Å². The van der Waals surface area contributed by atoms with Gasteiger partial charge in [-0.05, 0) is 92.7 Å². The zero-order valence-corrected chi connectivity index (χ0v) is 22.2. The number of nitrogens with zero attached hydrogens (tertiary/aromatic N) is 2. The molecule has 0 aliphatic carbocycles. The Hall–Kier alpha value is -2.55. The van der Waals surface area contributed by atoms with Gasteiger partial charge in [0.25, 0.3) is 0 Å². The van der Waals surface area contributed by atoms with Gasteiger partial charge in [0.05, 0.1) is 12.2 Å². The Morgan fingerprint density at radius 1 is 1.18 bits per heavy atom. The van der Waals surface area contributed by atoms with Gasteiger partial charge in [0, 0.05) is 38.5 Å². The van der Waals surface area contributed by atoms with E-state index in [0.717, 1.165) is 81.4 Å². The molecule has 0 saturated carbocycles. The molecule has 2 N–H and O–H groups in total. The lowest BCUT2D eigenvalue weighted by atomic mass is 9.92. The van der Waals surface area contributed by atoms with Crippen LogP contribution in [-0.4, -0.2) is 59.9 Å². The average molecular weight is 526 g/mol. The smallest absolute Gasteiger partial charge is 0.325 e. The molecule has 2 saturated heterocycles. The van der Waals surface area contributed by atoms with Gasteiger partial charge in [0.2, 0.25) is 0 Å². The predicted molar refractivity (Wildman–Crippen MR) is 144 cm³/mol. The summed E-state index contributed by atoms with van der Waals surface area (Å²) in [7, 11) is 0. The van der Waals surface area contributed by atoms with Gasteiger partial charge in [-0.1, -0.05) is 18.6 Å². The van der Waals surface area contributed by atoms with Crippen LogP contribution in [0.3, 0.4) is 0 Å². The highest BCUT2D eigenvalue weighted by Crippen LogP contribution is 2.36. The lowest BCUT2D eigenvalue weighted by Crippen LogP contribution is -2.34. The number of nitrogens with one attached hydrogen (secondary N) is 1. The van der Waals surface area contributed by atoms with Crippen molar-refractivity contribution in [3.05, 3.63) is 58.5 Å². The van der Waals surface area contributed by atoms with Gasteiger partial charge in [0.15, 0.2) is 0 Å². The SMILES string of the molecule is O=C(O)[C@@H](c1cc(F)ccc1C1CCCCO1)N1CC[C@@H](OCCCCCc2ccc3c(n2)NCCC3)C1. The number of aliphatic carboxylic acids is 1. The van der Waals surface area contributed by atoms with Crippen molar-refractivity contribution in [1.82, 2.24) is 9.88 Å². The van der Waals surface area contributed by atoms with Gasteiger partial charge in [-0.3, -0.25) is 9.69 Å². The number of benzene rings is 1. The molecular weight excluding hydrogens is 485 g/mol. The van der Waals surface area contributed by atoms with Crippen molar-refractivity contribution in [3.63, 3.8) is 0 Å². The van der Waals surface area contributed by atoms with Gasteiger partial charge in [-0.25, -0.2) is 9.37 Å². The minimum Gasteiger partial charge on any atom is -0.480 e. The van der Waals surface area contributed by atoms with E-state index in [-0.39, 0.29) is 12.2 Å². The normalized spacial score (nSPS) is 22.6. The largest absolute Gasteiger partial charge is 0.480 e. The molecule has 7 nitrogen and oxygen atoms in total. The van der Waals surface area contributed by atoms with Crippen LogP contribution < -0.4 is 5.32 Å². The number of hydrogen-bond acceptors (Lipinski definition) is 6. The zero-order chi connectivity index (χ0) is 26.3. The molecule has 1 aromatic carbocycles. The lowest BCUT2D eigenvalue weighted by Gasteiger charge is -2.30. The highest BCUT2D eigenvalue weighted by molar-refractivity contribution is 5.76. The molecule has 206 valence electrons. The molecule has 2 aromatic rings. The summed E-state index contributed by atoms with van der Waals surface area (Å²) in [5, 5.41) is 13.6. The van der Waals surface area contributed by atoms with Crippen molar-refractivity contribution < 1.29 is 23.8 Å². The molecule has 38 heavy (non-hydrogen) atoms. The van der Waals surface area contributed by atoms with E-state index in [9.17, 15) is 14.3 Å². The third-order valence-electron chi connectivity index (χ3n) is 8.03. The summed E-state index contributed by atoms with van der Waals surface area (Å²) in [6.45, 7) is 3.47. The number of ether oxygens (including phenoxy) is 2. The van der Waals surface area contributed by atoms with Crippen LogP contribution in [0.4, 0.5) is 10.2 Å². The Morgan fingerprint density at radius 2 is 2.11 bits per heavy atom. The van der Waals surface area contributed by atoms with E-state index in [1.165, 1.54) is 24.1 Å². The molecule has 3 aliphatic heterocycles. The first kappa shape index (κ1) is 27.0. The minimum atomic E-state index is -0.959. The van der Waals surface area contributed by atoms with E-state index in [2.05, 4.69) is 17.4 Å². The molecule has 0 bridgehead atoms. The molecule has 0 amide bonds. The summed E-state index contributed by atoms with van der Waals surface area (Å²) < 4.78 is 26.3. The summed E-state index contributed by atoms with van der Waals surface area (Å²) in [5.41, 5.74) is 3.77. The number of unbranched alkanes of at least 4 members (excludes halogenated alkanes) is 2. The molecule has 0 radical (unpaired) electrons. The fourth-order valence-corrected chi connectivity index (χ4v) is 6.02. The van der Waals surface area contributed by atoms with Crippen molar-refractivity contribution in [2.75, 3.05) is 38.2 Å². The monoisotopic (exact) mass is 525 g/mol. The Kier molecular flexibility index (Phi) is 9.25. The number of carboxylic acids is 1. The number of halogens is 1. The van der Waals surface area contributed by atoms with Crippen LogP contribution in [-0.2, 0) is 27.1 Å². The van der Waals surface area contributed by atoms with Gasteiger partial charge in [-0.15, -0.1) is 0 Å². The maximum absolute atomic E-state index is 14.3. The van der Waals surface area contributed by atoms with Crippen molar-refractivity contribution in [2.24, 2.45) is 0 Å². The van der Waals surface area contributed by atoms with Crippen molar-refractivity contribution in [2.45, 2.75) is 82.5 Å². The maximum Gasteiger partial charge on any atom is 0.325 e. The summed E-state index contributed by atoms with van der Waals surface area (Å²) >= 11 is 0. The highest BCUT2D eigenvalue weighted by atomic mass is 19.1. The van der Waals surface area contributed by atoms with Crippen LogP contribution in [0.5, 0.6) is 0 Å². The fourth-order valence-electron chi connectivity index (χ4n) is 6.02. The third kappa shape index (κ3) is 6.71. The molecular formula is C30H40FN3O4. The molecule has 8 heteroatoms. The van der Waals surface area contributed by atoms with Gasteiger partial charge < -0.3 is 19.9 Å². The first-order valence-electron chi connectivity index (χ1n) is 14.3. The first-order chi connectivity index (χ1) is 18.6. The van der Waals surface area contributed by atoms with E-state index in [1.54, 1.807) is 6.07 Å². The van der Waals surface area contributed by atoms with Crippen LogP contribution in [0.15, 0.2) is 30.3 Å². The maximum atomic E-state index is 14.3. The van der Waals surface area contributed by atoms with Crippen LogP contribution in [0.25, 0.3) is 0 Å². The number of carboxylic acid groups (broad SMARTS) is 1. The van der Waals surface area contributed by atoms with Crippen LogP contribution in [0.1, 0.15) is 85.9 Å². The summed E-state index contributed by atoms with van der Waals surface area (Å²) in [6, 6.07) is 7.95.